The van der Waals surface area contributed by atoms with Gasteiger partial charge in [-0.25, -0.2) is 9.37 Å². The van der Waals surface area contributed by atoms with Crippen LogP contribution in [0.3, 0.4) is 0 Å². The largest absolute Gasteiger partial charge is 0.378 e. The van der Waals surface area contributed by atoms with Gasteiger partial charge in [0.05, 0.1) is 30.1 Å². The molecule has 0 amide bonds. The van der Waals surface area contributed by atoms with Crippen molar-refractivity contribution >= 4 is 39.1 Å². The van der Waals surface area contributed by atoms with Crippen molar-refractivity contribution in [3.8, 4) is 0 Å². The molecule has 0 radical (unpaired) electrons. The predicted molar refractivity (Wildman–Crippen MR) is 109 cm³/mol. The van der Waals surface area contributed by atoms with E-state index >= 15 is 0 Å². The fourth-order valence-corrected chi connectivity index (χ4v) is 3.85. The number of ether oxygens (including phenoxy) is 1. The normalized spacial score (nSPS) is 14.7. The van der Waals surface area contributed by atoms with E-state index in [0.29, 0.717) is 43.5 Å². The maximum Gasteiger partial charge on any atom is 0.148 e. The van der Waals surface area contributed by atoms with Crippen LogP contribution in [-0.4, -0.2) is 40.8 Å². The van der Waals surface area contributed by atoms with Gasteiger partial charge < -0.3 is 19.5 Å². The smallest absolute Gasteiger partial charge is 0.148 e. The molecule has 0 saturated carbocycles. The summed E-state index contributed by atoms with van der Waals surface area (Å²) in [6.07, 6.45) is 3.64. The van der Waals surface area contributed by atoms with Crippen LogP contribution in [0.15, 0.2) is 48.8 Å². The molecule has 1 aliphatic rings. The average molecular weight is 377 g/mol. The number of hydrogen-bond donors (Lipinski definition) is 1. The summed E-state index contributed by atoms with van der Waals surface area (Å²) in [4.78, 5) is 11.0. The molecule has 5 rings (SSSR count). The Kier molecular flexibility index (Phi) is 4.09. The molecule has 1 saturated heterocycles. The second kappa shape index (κ2) is 6.76. The van der Waals surface area contributed by atoms with Crippen LogP contribution in [0.2, 0.25) is 0 Å². The molecule has 7 heteroatoms. The van der Waals surface area contributed by atoms with Crippen molar-refractivity contribution in [2.75, 3.05) is 36.5 Å². The highest BCUT2D eigenvalue weighted by molar-refractivity contribution is 6.06. The van der Waals surface area contributed by atoms with Crippen molar-refractivity contribution < 1.29 is 9.13 Å². The lowest BCUT2D eigenvalue weighted by Crippen LogP contribution is -2.37. The SMILES string of the molecule is Cn1c2ccncc2c2ccc(Nc3cccc(F)c3N3CCOCC3)nc21. The topological polar surface area (TPSA) is 55.2 Å². The van der Waals surface area contributed by atoms with Gasteiger partial charge >= 0.3 is 0 Å². The molecule has 6 nitrogen and oxygen atoms in total. The first kappa shape index (κ1) is 16.9. The zero-order valence-corrected chi connectivity index (χ0v) is 15.5. The van der Waals surface area contributed by atoms with Gasteiger partial charge in [0.25, 0.3) is 0 Å². The third-order valence-corrected chi connectivity index (χ3v) is 5.22. The van der Waals surface area contributed by atoms with Gasteiger partial charge in [0, 0.05) is 43.3 Å². The van der Waals surface area contributed by atoms with Crippen molar-refractivity contribution in [3.63, 3.8) is 0 Å². The molecule has 1 fully saturated rings. The van der Waals surface area contributed by atoms with Crippen LogP contribution in [0.4, 0.5) is 21.6 Å². The highest BCUT2D eigenvalue weighted by Gasteiger charge is 2.19. The summed E-state index contributed by atoms with van der Waals surface area (Å²) in [5.74, 6) is 0.426. The van der Waals surface area contributed by atoms with Crippen LogP contribution in [-0.2, 0) is 11.8 Å². The van der Waals surface area contributed by atoms with Crippen molar-refractivity contribution in [2.24, 2.45) is 7.05 Å². The van der Waals surface area contributed by atoms with Gasteiger partial charge in [0.1, 0.15) is 17.3 Å². The predicted octanol–water partition coefficient (Wildman–Crippen LogP) is 3.84. The van der Waals surface area contributed by atoms with Crippen molar-refractivity contribution in [2.45, 2.75) is 0 Å². The molecule has 4 heterocycles. The average Bonchev–Trinajstić information content (AvgIpc) is 3.01. The fourth-order valence-electron chi connectivity index (χ4n) is 3.85. The second-order valence-corrected chi connectivity index (χ2v) is 6.88. The van der Waals surface area contributed by atoms with E-state index in [1.165, 1.54) is 6.07 Å². The number of aryl methyl sites for hydroxylation is 1. The number of aromatic nitrogens is 3. The molecule has 3 aromatic heterocycles. The number of pyridine rings is 2. The van der Waals surface area contributed by atoms with Crippen molar-refractivity contribution in [1.29, 1.82) is 0 Å². The first-order chi connectivity index (χ1) is 13.7. The van der Waals surface area contributed by atoms with E-state index in [1.54, 1.807) is 12.3 Å². The van der Waals surface area contributed by atoms with E-state index in [1.807, 2.05) is 47.0 Å². The summed E-state index contributed by atoms with van der Waals surface area (Å²) >= 11 is 0. The summed E-state index contributed by atoms with van der Waals surface area (Å²) < 4.78 is 22.1. The summed E-state index contributed by atoms with van der Waals surface area (Å²) in [5.41, 5.74) is 3.20. The van der Waals surface area contributed by atoms with Gasteiger partial charge in [-0.3, -0.25) is 4.98 Å². The van der Waals surface area contributed by atoms with E-state index in [-0.39, 0.29) is 5.82 Å². The lowest BCUT2D eigenvalue weighted by Gasteiger charge is -2.30. The third-order valence-electron chi connectivity index (χ3n) is 5.22. The number of para-hydroxylation sites is 1. The highest BCUT2D eigenvalue weighted by atomic mass is 19.1. The number of rotatable bonds is 3. The molecule has 1 N–H and O–H groups in total. The molecule has 0 bridgehead atoms. The summed E-state index contributed by atoms with van der Waals surface area (Å²) in [5, 5.41) is 5.43. The van der Waals surface area contributed by atoms with E-state index in [0.717, 1.165) is 21.9 Å². The minimum atomic E-state index is -0.247. The van der Waals surface area contributed by atoms with Crippen molar-refractivity contribution in [1.82, 2.24) is 14.5 Å². The Balaban J connectivity index is 1.56. The molecule has 142 valence electrons. The number of anilines is 3. The molecule has 4 aromatic rings. The molecule has 1 aromatic carbocycles. The van der Waals surface area contributed by atoms with Crippen LogP contribution in [0.1, 0.15) is 0 Å². The number of benzene rings is 1. The quantitative estimate of drug-likeness (QED) is 0.588. The Morgan fingerprint density at radius 2 is 1.93 bits per heavy atom. The molecular formula is C21H20FN5O. The monoisotopic (exact) mass is 377 g/mol. The van der Waals surface area contributed by atoms with E-state index < -0.39 is 0 Å². The van der Waals surface area contributed by atoms with Crippen molar-refractivity contribution in [3.05, 3.63) is 54.6 Å². The van der Waals surface area contributed by atoms with Gasteiger partial charge in [-0.15, -0.1) is 0 Å². The minimum Gasteiger partial charge on any atom is -0.378 e. The maximum atomic E-state index is 14.6. The van der Waals surface area contributed by atoms with Gasteiger partial charge in [0.15, 0.2) is 0 Å². The van der Waals surface area contributed by atoms with Gasteiger partial charge in [-0.2, -0.15) is 0 Å². The number of nitrogens with zero attached hydrogens (tertiary/aromatic N) is 4. The van der Waals surface area contributed by atoms with Crippen LogP contribution in [0, 0.1) is 5.82 Å². The zero-order valence-electron chi connectivity index (χ0n) is 15.5. The van der Waals surface area contributed by atoms with Crippen LogP contribution in [0.25, 0.3) is 21.9 Å². The van der Waals surface area contributed by atoms with Gasteiger partial charge in [-0.1, -0.05) is 6.07 Å². The third kappa shape index (κ3) is 2.75. The fraction of sp³-hybridized carbons (Fsp3) is 0.238. The highest BCUT2D eigenvalue weighted by Crippen LogP contribution is 2.33. The molecule has 28 heavy (non-hydrogen) atoms. The standard InChI is InChI=1S/C21H20FN5O/c1-26-18-7-8-23-13-15(18)14-5-6-19(25-21(14)26)24-17-4-2-3-16(22)20(17)27-9-11-28-12-10-27/h2-8,13H,9-12H2,1H3,(H,24,25). The Morgan fingerprint density at radius 3 is 2.79 bits per heavy atom. The minimum absolute atomic E-state index is 0.247. The zero-order chi connectivity index (χ0) is 19.1. The Labute approximate surface area is 161 Å². The summed E-state index contributed by atoms with van der Waals surface area (Å²) in [6, 6.07) is 11.0. The van der Waals surface area contributed by atoms with Gasteiger partial charge in [-0.05, 0) is 30.3 Å². The van der Waals surface area contributed by atoms with Crippen LogP contribution < -0.4 is 10.2 Å². The number of hydrogen-bond acceptors (Lipinski definition) is 5. The Morgan fingerprint density at radius 1 is 1.07 bits per heavy atom. The lowest BCUT2D eigenvalue weighted by molar-refractivity contribution is 0.122. The van der Waals surface area contributed by atoms with Crippen LogP contribution in [0.5, 0.6) is 0 Å². The number of nitrogens with one attached hydrogen (secondary N) is 1. The first-order valence-corrected chi connectivity index (χ1v) is 9.30. The Bertz CT molecular complexity index is 1170. The molecule has 0 unspecified atom stereocenters. The summed E-state index contributed by atoms with van der Waals surface area (Å²) in [6.45, 7) is 2.53. The van der Waals surface area contributed by atoms with E-state index in [9.17, 15) is 4.39 Å². The summed E-state index contributed by atoms with van der Waals surface area (Å²) in [7, 11) is 1.99. The number of morpholine rings is 1. The molecule has 0 atom stereocenters. The van der Waals surface area contributed by atoms with Crippen LogP contribution >= 0.6 is 0 Å². The molecular weight excluding hydrogens is 357 g/mol. The van der Waals surface area contributed by atoms with Gasteiger partial charge in [0.2, 0.25) is 0 Å². The molecule has 1 aliphatic heterocycles. The molecule has 0 spiro atoms. The second-order valence-electron chi connectivity index (χ2n) is 6.88. The lowest BCUT2D eigenvalue weighted by atomic mass is 10.2. The maximum absolute atomic E-state index is 14.6. The number of halogens is 1. The first-order valence-electron chi connectivity index (χ1n) is 9.30. The molecule has 0 aliphatic carbocycles. The van der Waals surface area contributed by atoms with E-state index in [4.69, 9.17) is 9.72 Å². The Hall–Kier alpha value is -3.19. The number of fused-ring (bicyclic) bond motifs is 3. The van der Waals surface area contributed by atoms with E-state index in [2.05, 4.69) is 10.3 Å².